The van der Waals surface area contributed by atoms with Crippen molar-refractivity contribution < 1.29 is 0 Å². The zero-order valence-electron chi connectivity index (χ0n) is 11.3. The van der Waals surface area contributed by atoms with Crippen molar-refractivity contribution in [2.75, 3.05) is 5.75 Å². The lowest BCUT2D eigenvalue weighted by Gasteiger charge is -2.30. The Labute approximate surface area is 128 Å². The Morgan fingerprint density at radius 3 is 2.68 bits per heavy atom. The topological polar surface area (TPSA) is 35.8 Å². The van der Waals surface area contributed by atoms with Gasteiger partial charge in [-0.25, -0.2) is 0 Å². The normalized spacial score (nSPS) is 18.1. The Balaban J connectivity index is 2.09. The van der Waals surface area contributed by atoms with Crippen LogP contribution in [0.3, 0.4) is 0 Å². The molecule has 1 aromatic carbocycles. The van der Waals surface area contributed by atoms with Crippen LogP contribution in [0.2, 0.25) is 0 Å². The van der Waals surface area contributed by atoms with E-state index in [2.05, 4.69) is 47.2 Å². The molecule has 0 spiro atoms. The maximum absolute atomic E-state index is 9.65. The molecule has 0 saturated heterocycles. The van der Waals surface area contributed by atoms with Crippen LogP contribution in [0.5, 0.6) is 0 Å². The quantitative estimate of drug-likeness (QED) is 0.789. The van der Waals surface area contributed by atoms with Gasteiger partial charge in [-0.1, -0.05) is 12.1 Å². The van der Waals surface area contributed by atoms with Crippen LogP contribution in [-0.2, 0) is 0 Å². The number of nitrogens with one attached hydrogen (secondary N) is 1. The van der Waals surface area contributed by atoms with Crippen LogP contribution in [0.1, 0.15) is 26.7 Å². The minimum atomic E-state index is -0.381. The van der Waals surface area contributed by atoms with Gasteiger partial charge in [0, 0.05) is 21.2 Å². The second kappa shape index (κ2) is 6.30. The number of hydrogen-bond donors (Lipinski definition) is 1. The number of nitriles is 1. The molecule has 1 saturated carbocycles. The Morgan fingerprint density at radius 1 is 1.47 bits per heavy atom. The van der Waals surface area contributed by atoms with E-state index in [0.29, 0.717) is 12.0 Å². The molecular weight excluding hydrogens is 320 g/mol. The fourth-order valence-corrected chi connectivity index (χ4v) is 4.05. The van der Waals surface area contributed by atoms with E-state index in [1.54, 1.807) is 11.8 Å². The molecule has 0 bridgehead atoms. The lowest BCUT2D eigenvalue weighted by molar-refractivity contribution is 0.370. The van der Waals surface area contributed by atoms with Gasteiger partial charge in [0.05, 0.1) is 6.07 Å². The summed E-state index contributed by atoms with van der Waals surface area (Å²) in [7, 11) is 0. The minimum absolute atomic E-state index is 0.333. The highest BCUT2D eigenvalue weighted by Gasteiger charge is 2.45. The fourth-order valence-electron chi connectivity index (χ4n) is 2.28. The molecule has 1 aliphatic carbocycles. The predicted octanol–water partition coefficient (Wildman–Crippen LogP) is 4.21. The van der Waals surface area contributed by atoms with E-state index in [9.17, 15) is 5.26 Å². The second-order valence-corrected chi connectivity index (χ2v) is 7.25. The summed E-state index contributed by atoms with van der Waals surface area (Å²) in [5.74, 6) is 1.31. The zero-order valence-corrected chi connectivity index (χ0v) is 13.7. The molecule has 0 heterocycles. The average molecular weight is 339 g/mol. The van der Waals surface area contributed by atoms with Crippen molar-refractivity contribution in [1.82, 2.24) is 5.32 Å². The maximum Gasteiger partial charge on any atom is 0.119 e. The first kappa shape index (κ1) is 14.9. The van der Waals surface area contributed by atoms with E-state index in [0.717, 1.165) is 10.2 Å². The van der Waals surface area contributed by atoms with Gasteiger partial charge in [-0.3, -0.25) is 5.32 Å². The average Bonchev–Trinajstić information content (AvgIpc) is 3.20. The standard InChI is InChI=1S/C15H19BrN2S/c1-11(2)18-15(9-17,12-7-8-12)10-19-14-6-4-3-5-13(14)16/h3-6,11-12,18H,7-8,10H2,1-2H3. The van der Waals surface area contributed by atoms with Gasteiger partial charge < -0.3 is 0 Å². The predicted molar refractivity (Wildman–Crippen MR) is 84.2 cm³/mol. The Hall–Kier alpha value is -0.500. The van der Waals surface area contributed by atoms with E-state index in [1.807, 2.05) is 18.2 Å². The third-order valence-electron chi connectivity index (χ3n) is 3.31. The third kappa shape index (κ3) is 3.75. The first-order valence-electron chi connectivity index (χ1n) is 6.63. The monoisotopic (exact) mass is 338 g/mol. The molecule has 1 aromatic rings. The molecule has 1 fully saturated rings. The summed E-state index contributed by atoms with van der Waals surface area (Å²) in [6, 6.07) is 11.1. The lowest BCUT2D eigenvalue weighted by Crippen LogP contribution is -2.51. The highest BCUT2D eigenvalue weighted by molar-refractivity contribution is 9.10. The van der Waals surface area contributed by atoms with Crippen molar-refractivity contribution in [3.63, 3.8) is 0 Å². The largest absolute Gasteiger partial charge is 0.296 e. The molecule has 0 radical (unpaired) electrons. The molecule has 2 rings (SSSR count). The minimum Gasteiger partial charge on any atom is -0.296 e. The molecule has 0 amide bonds. The molecule has 1 unspecified atom stereocenters. The molecule has 4 heteroatoms. The first-order valence-corrected chi connectivity index (χ1v) is 8.41. The summed E-state index contributed by atoms with van der Waals surface area (Å²) in [6.45, 7) is 4.22. The van der Waals surface area contributed by atoms with Crippen LogP contribution < -0.4 is 5.32 Å². The van der Waals surface area contributed by atoms with Crippen LogP contribution in [-0.4, -0.2) is 17.3 Å². The summed E-state index contributed by atoms with van der Waals surface area (Å²) in [5, 5.41) is 13.1. The summed E-state index contributed by atoms with van der Waals surface area (Å²) in [5.41, 5.74) is -0.381. The van der Waals surface area contributed by atoms with Gasteiger partial charge in [0.15, 0.2) is 0 Å². The Bertz CT molecular complexity index is 479. The highest BCUT2D eigenvalue weighted by Crippen LogP contribution is 2.43. The highest BCUT2D eigenvalue weighted by atomic mass is 79.9. The number of nitrogens with zero attached hydrogens (tertiary/aromatic N) is 1. The molecule has 1 aliphatic rings. The van der Waals surface area contributed by atoms with Crippen molar-refractivity contribution in [3.8, 4) is 6.07 Å². The molecule has 2 nitrogen and oxygen atoms in total. The Kier molecular flexibility index (Phi) is 4.94. The molecule has 19 heavy (non-hydrogen) atoms. The van der Waals surface area contributed by atoms with Crippen molar-refractivity contribution in [1.29, 1.82) is 5.26 Å². The van der Waals surface area contributed by atoms with Gasteiger partial charge in [0.1, 0.15) is 5.54 Å². The summed E-state index contributed by atoms with van der Waals surface area (Å²) in [4.78, 5) is 1.20. The van der Waals surface area contributed by atoms with Crippen molar-refractivity contribution in [2.24, 2.45) is 5.92 Å². The number of benzene rings is 1. The van der Waals surface area contributed by atoms with Crippen molar-refractivity contribution in [2.45, 2.75) is 43.2 Å². The van der Waals surface area contributed by atoms with E-state index in [-0.39, 0.29) is 5.54 Å². The third-order valence-corrected chi connectivity index (χ3v) is 5.53. The molecule has 1 N–H and O–H groups in total. The SMILES string of the molecule is CC(C)NC(C#N)(CSc1ccccc1Br)C1CC1. The van der Waals surface area contributed by atoms with E-state index in [4.69, 9.17) is 0 Å². The van der Waals surface area contributed by atoms with E-state index >= 15 is 0 Å². The van der Waals surface area contributed by atoms with Gasteiger partial charge >= 0.3 is 0 Å². The number of hydrogen-bond acceptors (Lipinski definition) is 3. The summed E-state index contributed by atoms with van der Waals surface area (Å²) < 4.78 is 1.10. The molecule has 0 aromatic heterocycles. The second-order valence-electron chi connectivity index (χ2n) is 5.38. The van der Waals surface area contributed by atoms with Gasteiger partial charge in [-0.2, -0.15) is 5.26 Å². The number of halogens is 1. The van der Waals surface area contributed by atoms with Crippen LogP contribution in [0.15, 0.2) is 33.6 Å². The summed E-state index contributed by atoms with van der Waals surface area (Å²) in [6.07, 6.45) is 2.34. The molecular formula is C15H19BrN2S. The molecule has 102 valence electrons. The van der Waals surface area contributed by atoms with Gasteiger partial charge in [0.25, 0.3) is 0 Å². The van der Waals surface area contributed by atoms with Crippen LogP contribution >= 0.6 is 27.7 Å². The van der Waals surface area contributed by atoms with Crippen LogP contribution in [0.25, 0.3) is 0 Å². The molecule has 1 atom stereocenters. The zero-order chi connectivity index (χ0) is 13.9. The first-order chi connectivity index (χ1) is 9.07. The lowest BCUT2D eigenvalue weighted by atomic mass is 9.96. The number of rotatable bonds is 6. The molecule has 0 aliphatic heterocycles. The summed E-state index contributed by atoms with van der Waals surface area (Å²) >= 11 is 5.32. The van der Waals surface area contributed by atoms with Gasteiger partial charge in [-0.05, 0) is 60.7 Å². The Morgan fingerprint density at radius 2 is 2.16 bits per heavy atom. The van der Waals surface area contributed by atoms with Crippen LogP contribution in [0.4, 0.5) is 0 Å². The van der Waals surface area contributed by atoms with Crippen molar-refractivity contribution in [3.05, 3.63) is 28.7 Å². The van der Waals surface area contributed by atoms with Gasteiger partial charge in [-0.15, -0.1) is 11.8 Å². The maximum atomic E-state index is 9.65. The van der Waals surface area contributed by atoms with Crippen LogP contribution in [0, 0.1) is 17.2 Å². The number of thioether (sulfide) groups is 1. The van der Waals surface area contributed by atoms with E-state index < -0.39 is 0 Å². The van der Waals surface area contributed by atoms with Crippen molar-refractivity contribution >= 4 is 27.7 Å². The smallest absolute Gasteiger partial charge is 0.119 e. The van der Waals surface area contributed by atoms with Gasteiger partial charge in [0.2, 0.25) is 0 Å². The fraction of sp³-hybridized carbons (Fsp3) is 0.533. The van der Waals surface area contributed by atoms with E-state index in [1.165, 1.54) is 17.7 Å².